The second-order valence-corrected chi connectivity index (χ2v) is 8.39. The fraction of sp³-hybridized carbons (Fsp3) is 0.533. The van der Waals surface area contributed by atoms with Gasteiger partial charge in [0.25, 0.3) is 0 Å². The molecule has 0 saturated heterocycles. The second kappa shape index (κ2) is 11.4. The molecule has 0 atom stereocenters. The van der Waals surface area contributed by atoms with Crippen molar-refractivity contribution in [2.45, 2.75) is 23.6 Å². The average molecular weight is 454 g/mol. The number of nitrogens with zero attached hydrogens (tertiary/aromatic N) is 1. The van der Waals surface area contributed by atoms with E-state index in [-0.39, 0.29) is 22.4 Å². The summed E-state index contributed by atoms with van der Waals surface area (Å²) in [5.74, 6) is 0.349. The van der Waals surface area contributed by atoms with Crippen LogP contribution in [0.2, 0.25) is 10.0 Å². The Morgan fingerprint density at radius 2 is 1.72 bits per heavy atom. The molecule has 0 aliphatic carbocycles. The largest absolute Gasteiger partial charge is 0.508 e. The smallest absolute Gasteiger partial charge is 0.226 e. The van der Waals surface area contributed by atoms with E-state index in [0.29, 0.717) is 31.3 Å². The Morgan fingerprint density at radius 1 is 1.12 bits per heavy atom. The zero-order valence-electron chi connectivity index (χ0n) is 13.4. The third-order valence-electron chi connectivity index (χ3n) is 2.67. The number of phenols is 1. The Kier molecular flexibility index (Phi) is 10.4. The standard InChI is InChI=1S/C15H18Cl5NO4/c1-10(21-25-9-15(18,19)20)8-23-4-2-3-5-24-14-12(16)6-11(22)7-13(14)17/h6-7,22H,2-5,8-9H2,1H3. The Labute approximate surface area is 171 Å². The molecule has 142 valence electrons. The minimum absolute atomic E-state index is 0.00871. The van der Waals surface area contributed by atoms with Crippen LogP contribution in [0.15, 0.2) is 17.3 Å². The second-order valence-electron chi connectivity index (χ2n) is 5.06. The van der Waals surface area contributed by atoms with Gasteiger partial charge >= 0.3 is 0 Å². The van der Waals surface area contributed by atoms with Crippen LogP contribution < -0.4 is 4.74 Å². The van der Waals surface area contributed by atoms with Crippen molar-refractivity contribution in [2.75, 3.05) is 26.4 Å². The quantitative estimate of drug-likeness (QED) is 0.216. The molecule has 1 aromatic rings. The third-order valence-corrected chi connectivity index (χ3v) is 3.56. The lowest BCUT2D eigenvalue weighted by Gasteiger charge is -2.10. The van der Waals surface area contributed by atoms with Crippen LogP contribution in [-0.4, -0.2) is 41.0 Å². The Morgan fingerprint density at radius 3 is 2.32 bits per heavy atom. The van der Waals surface area contributed by atoms with Crippen molar-refractivity contribution in [1.29, 1.82) is 0 Å². The van der Waals surface area contributed by atoms with Crippen molar-refractivity contribution >= 4 is 63.7 Å². The van der Waals surface area contributed by atoms with E-state index in [0.717, 1.165) is 12.8 Å². The van der Waals surface area contributed by atoms with Gasteiger partial charge in [0.2, 0.25) is 3.79 Å². The van der Waals surface area contributed by atoms with E-state index in [1.165, 1.54) is 12.1 Å². The molecule has 1 rings (SSSR count). The molecule has 0 saturated carbocycles. The number of phenolic OH excluding ortho intramolecular Hbond substituents is 1. The van der Waals surface area contributed by atoms with Gasteiger partial charge in [-0.3, -0.25) is 0 Å². The maximum atomic E-state index is 9.35. The lowest BCUT2D eigenvalue weighted by Crippen LogP contribution is -2.13. The summed E-state index contributed by atoms with van der Waals surface area (Å²) in [6, 6.07) is 2.75. The monoisotopic (exact) mass is 451 g/mol. The van der Waals surface area contributed by atoms with Gasteiger partial charge in [0.1, 0.15) is 5.75 Å². The minimum atomic E-state index is -1.49. The van der Waals surface area contributed by atoms with Crippen molar-refractivity contribution in [1.82, 2.24) is 0 Å². The predicted octanol–water partition coefficient (Wildman–Crippen LogP) is 5.64. The molecule has 0 aliphatic rings. The van der Waals surface area contributed by atoms with Gasteiger partial charge in [-0.05, 0) is 19.8 Å². The first-order valence-corrected chi connectivity index (χ1v) is 9.19. The molecule has 0 aromatic heterocycles. The highest BCUT2D eigenvalue weighted by molar-refractivity contribution is 6.67. The summed E-state index contributed by atoms with van der Waals surface area (Å²) in [5.41, 5.74) is 0.633. The van der Waals surface area contributed by atoms with Crippen LogP contribution in [0.5, 0.6) is 11.5 Å². The normalized spacial score (nSPS) is 12.3. The number of oxime groups is 1. The highest BCUT2D eigenvalue weighted by Crippen LogP contribution is 2.36. The zero-order valence-corrected chi connectivity index (χ0v) is 17.2. The van der Waals surface area contributed by atoms with Crippen LogP contribution >= 0.6 is 58.0 Å². The molecule has 0 fully saturated rings. The molecule has 0 amide bonds. The first-order valence-electron chi connectivity index (χ1n) is 7.30. The predicted molar refractivity (Wildman–Crippen MR) is 103 cm³/mol. The van der Waals surface area contributed by atoms with Crippen molar-refractivity contribution in [3.05, 3.63) is 22.2 Å². The first kappa shape index (κ1) is 22.7. The lowest BCUT2D eigenvalue weighted by atomic mass is 10.3. The van der Waals surface area contributed by atoms with Gasteiger partial charge in [-0.25, -0.2) is 0 Å². The molecule has 25 heavy (non-hydrogen) atoms. The number of hydrogen-bond acceptors (Lipinski definition) is 5. The van der Waals surface area contributed by atoms with E-state index < -0.39 is 3.79 Å². The van der Waals surface area contributed by atoms with E-state index in [4.69, 9.17) is 72.3 Å². The van der Waals surface area contributed by atoms with Gasteiger partial charge in [0, 0.05) is 18.7 Å². The van der Waals surface area contributed by atoms with Crippen molar-refractivity contribution in [2.24, 2.45) is 5.16 Å². The van der Waals surface area contributed by atoms with Crippen LogP contribution in [0.1, 0.15) is 19.8 Å². The molecular weight excluding hydrogens is 435 g/mol. The fourth-order valence-corrected chi connectivity index (χ4v) is 2.36. The number of unbranched alkanes of at least 4 members (excludes halogenated alkanes) is 1. The minimum Gasteiger partial charge on any atom is -0.508 e. The van der Waals surface area contributed by atoms with Crippen LogP contribution in [0.4, 0.5) is 0 Å². The van der Waals surface area contributed by atoms with Gasteiger partial charge in [0.05, 0.1) is 29.0 Å². The van der Waals surface area contributed by atoms with Gasteiger partial charge in [0.15, 0.2) is 12.4 Å². The Hall–Kier alpha value is -0.300. The van der Waals surface area contributed by atoms with Crippen LogP contribution in [0.25, 0.3) is 0 Å². The SMILES string of the molecule is CC(COCCCCOc1c(Cl)cc(O)cc1Cl)=NOCC(Cl)(Cl)Cl. The number of rotatable bonds is 10. The molecule has 0 spiro atoms. The van der Waals surface area contributed by atoms with E-state index >= 15 is 0 Å². The molecule has 0 radical (unpaired) electrons. The molecule has 5 nitrogen and oxygen atoms in total. The highest BCUT2D eigenvalue weighted by atomic mass is 35.6. The molecule has 10 heteroatoms. The van der Waals surface area contributed by atoms with E-state index in [1.807, 2.05) is 0 Å². The third kappa shape index (κ3) is 10.4. The lowest BCUT2D eigenvalue weighted by molar-refractivity contribution is 0.135. The van der Waals surface area contributed by atoms with Crippen molar-refractivity contribution in [3.8, 4) is 11.5 Å². The van der Waals surface area contributed by atoms with E-state index in [9.17, 15) is 5.11 Å². The molecular formula is C15H18Cl5NO4. The number of ether oxygens (including phenoxy) is 2. The highest BCUT2D eigenvalue weighted by Gasteiger charge is 2.20. The Bertz CT molecular complexity index is 555. The number of benzene rings is 1. The van der Waals surface area contributed by atoms with Crippen molar-refractivity contribution in [3.63, 3.8) is 0 Å². The summed E-state index contributed by atoms with van der Waals surface area (Å²) in [6.07, 6.45) is 1.52. The number of hydrogen-bond donors (Lipinski definition) is 1. The molecule has 0 unspecified atom stereocenters. The summed E-state index contributed by atoms with van der Waals surface area (Å²) in [5, 5.41) is 13.7. The molecule has 1 aromatic carbocycles. The number of aromatic hydroxyl groups is 1. The number of halogens is 5. The van der Waals surface area contributed by atoms with E-state index in [1.54, 1.807) is 6.92 Å². The van der Waals surface area contributed by atoms with Crippen LogP contribution in [0.3, 0.4) is 0 Å². The molecule has 0 bridgehead atoms. The maximum Gasteiger partial charge on any atom is 0.226 e. The first-order chi connectivity index (χ1) is 11.7. The van der Waals surface area contributed by atoms with Gasteiger partial charge in [-0.1, -0.05) is 63.2 Å². The summed E-state index contributed by atoms with van der Waals surface area (Å²) < 4.78 is 9.47. The topological polar surface area (TPSA) is 60.3 Å². The van der Waals surface area contributed by atoms with E-state index in [2.05, 4.69) is 5.16 Å². The summed E-state index contributed by atoms with van der Waals surface area (Å²) in [6.45, 7) is 2.88. The number of alkyl halides is 3. The summed E-state index contributed by atoms with van der Waals surface area (Å²) in [7, 11) is 0. The molecule has 0 heterocycles. The van der Waals surface area contributed by atoms with Gasteiger partial charge < -0.3 is 19.4 Å². The summed E-state index contributed by atoms with van der Waals surface area (Å²) >= 11 is 28.5. The van der Waals surface area contributed by atoms with Gasteiger partial charge in [-0.15, -0.1) is 0 Å². The van der Waals surface area contributed by atoms with Gasteiger partial charge in [-0.2, -0.15) is 0 Å². The summed E-state index contributed by atoms with van der Waals surface area (Å²) in [4.78, 5) is 4.88. The maximum absolute atomic E-state index is 9.35. The molecule has 1 N–H and O–H groups in total. The Balaban J connectivity index is 2.14. The van der Waals surface area contributed by atoms with Crippen LogP contribution in [0, 0.1) is 0 Å². The zero-order chi connectivity index (χ0) is 18.9. The molecule has 0 aliphatic heterocycles. The van der Waals surface area contributed by atoms with Crippen LogP contribution in [-0.2, 0) is 9.57 Å². The average Bonchev–Trinajstić information content (AvgIpc) is 2.47. The fourth-order valence-electron chi connectivity index (χ4n) is 1.63. The van der Waals surface area contributed by atoms with Crippen molar-refractivity contribution < 1.29 is 19.4 Å².